The highest BCUT2D eigenvalue weighted by molar-refractivity contribution is 6.30. The second kappa shape index (κ2) is 5.66. The van der Waals surface area contributed by atoms with E-state index >= 15 is 0 Å². The maximum absolute atomic E-state index is 11.5. The summed E-state index contributed by atoms with van der Waals surface area (Å²) >= 11 is 5.77. The fourth-order valence-corrected chi connectivity index (χ4v) is 1.30. The van der Waals surface area contributed by atoms with Crippen molar-refractivity contribution in [3.05, 3.63) is 34.9 Å². The number of hydrogen-bond acceptors (Lipinski definition) is 1. The standard InChI is InChI=1S/C11H14ClNO/c1-2-3-7-13-11(14)9-5-4-6-10(12)8-9/h4-6,8H,2-3,7H2,1H3,(H,13,14). The van der Waals surface area contributed by atoms with Gasteiger partial charge in [-0.15, -0.1) is 0 Å². The van der Waals surface area contributed by atoms with Crippen molar-refractivity contribution in [2.45, 2.75) is 19.8 Å². The van der Waals surface area contributed by atoms with Crippen LogP contribution in [0.2, 0.25) is 5.02 Å². The van der Waals surface area contributed by atoms with E-state index in [1.165, 1.54) is 0 Å². The summed E-state index contributed by atoms with van der Waals surface area (Å²) in [5.41, 5.74) is 0.619. The fraction of sp³-hybridized carbons (Fsp3) is 0.364. The van der Waals surface area contributed by atoms with Crippen molar-refractivity contribution in [2.75, 3.05) is 6.54 Å². The Labute approximate surface area is 89.3 Å². The molecule has 0 aliphatic carbocycles. The lowest BCUT2D eigenvalue weighted by molar-refractivity contribution is 0.0953. The molecule has 0 atom stereocenters. The smallest absolute Gasteiger partial charge is 0.251 e. The first kappa shape index (κ1) is 11.1. The van der Waals surface area contributed by atoms with Gasteiger partial charge in [-0.1, -0.05) is 31.0 Å². The van der Waals surface area contributed by atoms with Gasteiger partial charge in [0.15, 0.2) is 0 Å². The monoisotopic (exact) mass is 211 g/mol. The predicted molar refractivity (Wildman–Crippen MR) is 58.7 cm³/mol. The summed E-state index contributed by atoms with van der Waals surface area (Å²) in [6.45, 7) is 2.81. The van der Waals surface area contributed by atoms with Crippen molar-refractivity contribution >= 4 is 17.5 Å². The van der Waals surface area contributed by atoms with Crippen LogP contribution >= 0.6 is 11.6 Å². The Morgan fingerprint density at radius 1 is 1.50 bits per heavy atom. The van der Waals surface area contributed by atoms with Crippen LogP contribution in [-0.2, 0) is 0 Å². The van der Waals surface area contributed by atoms with Gasteiger partial charge in [0.25, 0.3) is 5.91 Å². The number of amides is 1. The van der Waals surface area contributed by atoms with Crippen molar-refractivity contribution in [1.82, 2.24) is 5.32 Å². The number of unbranched alkanes of at least 4 members (excludes halogenated alkanes) is 1. The molecule has 0 saturated heterocycles. The Balaban J connectivity index is 2.52. The minimum Gasteiger partial charge on any atom is -0.352 e. The Kier molecular flexibility index (Phi) is 4.47. The zero-order valence-corrected chi connectivity index (χ0v) is 8.97. The molecular weight excluding hydrogens is 198 g/mol. The van der Waals surface area contributed by atoms with Gasteiger partial charge in [-0.05, 0) is 24.6 Å². The van der Waals surface area contributed by atoms with E-state index in [9.17, 15) is 4.79 Å². The summed E-state index contributed by atoms with van der Waals surface area (Å²) in [7, 11) is 0. The minimum absolute atomic E-state index is 0.0547. The number of benzene rings is 1. The molecule has 0 bridgehead atoms. The molecule has 0 unspecified atom stereocenters. The van der Waals surface area contributed by atoms with E-state index in [0.29, 0.717) is 10.6 Å². The maximum atomic E-state index is 11.5. The molecular formula is C11H14ClNO. The largest absolute Gasteiger partial charge is 0.352 e. The van der Waals surface area contributed by atoms with Crippen LogP contribution < -0.4 is 5.32 Å². The molecule has 76 valence electrons. The molecule has 1 amide bonds. The highest BCUT2D eigenvalue weighted by Gasteiger charge is 2.03. The topological polar surface area (TPSA) is 29.1 Å². The minimum atomic E-state index is -0.0547. The van der Waals surface area contributed by atoms with Gasteiger partial charge < -0.3 is 5.32 Å². The van der Waals surface area contributed by atoms with Gasteiger partial charge in [0.05, 0.1) is 0 Å². The Bertz CT molecular complexity index is 312. The predicted octanol–water partition coefficient (Wildman–Crippen LogP) is 2.87. The van der Waals surface area contributed by atoms with Gasteiger partial charge in [0, 0.05) is 17.1 Å². The van der Waals surface area contributed by atoms with E-state index in [-0.39, 0.29) is 5.91 Å². The summed E-state index contributed by atoms with van der Waals surface area (Å²) in [6, 6.07) is 6.96. The molecule has 0 saturated carbocycles. The van der Waals surface area contributed by atoms with E-state index in [4.69, 9.17) is 11.6 Å². The fourth-order valence-electron chi connectivity index (χ4n) is 1.11. The summed E-state index contributed by atoms with van der Waals surface area (Å²) in [4.78, 5) is 11.5. The number of halogens is 1. The third-order valence-corrected chi connectivity index (χ3v) is 2.14. The van der Waals surface area contributed by atoms with Gasteiger partial charge in [0.1, 0.15) is 0 Å². The van der Waals surface area contributed by atoms with Crippen molar-refractivity contribution < 1.29 is 4.79 Å². The summed E-state index contributed by atoms with van der Waals surface area (Å²) in [5, 5.41) is 3.42. The van der Waals surface area contributed by atoms with Gasteiger partial charge in [-0.3, -0.25) is 4.79 Å². The Morgan fingerprint density at radius 2 is 2.29 bits per heavy atom. The van der Waals surface area contributed by atoms with Gasteiger partial charge in [-0.25, -0.2) is 0 Å². The van der Waals surface area contributed by atoms with Crippen LogP contribution in [-0.4, -0.2) is 12.5 Å². The van der Waals surface area contributed by atoms with E-state index in [0.717, 1.165) is 19.4 Å². The molecule has 0 aliphatic heterocycles. The van der Waals surface area contributed by atoms with Crippen molar-refractivity contribution in [3.63, 3.8) is 0 Å². The molecule has 2 nitrogen and oxygen atoms in total. The third kappa shape index (κ3) is 3.38. The molecule has 0 aromatic heterocycles. The number of carbonyl (C=O) groups is 1. The third-order valence-electron chi connectivity index (χ3n) is 1.90. The average molecular weight is 212 g/mol. The van der Waals surface area contributed by atoms with Crippen LogP contribution in [0, 0.1) is 0 Å². The summed E-state index contributed by atoms with van der Waals surface area (Å²) < 4.78 is 0. The molecule has 0 spiro atoms. The molecule has 1 aromatic carbocycles. The van der Waals surface area contributed by atoms with E-state index in [2.05, 4.69) is 12.2 Å². The lowest BCUT2D eigenvalue weighted by atomic mass is 10.2. The first-order valence-electron chi connectivity index (χ1n) is 4.78. The maximum Gasteiger partial charge on any atom is 0.251 e. The molecule has 1 N–H and O–H groups in total. The van der Waals surface area contributed by atoms with Crippen LogP contribution in [0.5, 0.6) is 0 Å². The zero-order chi connectivity index (χ0) is 10.4. The number of nitrogens with one attached hydrogen (secondary N) is 1. The number of hydrogen-bond donors (Lipinski definition) is 1. The summed E-state index contributed by atoms with van der Waals surface area (Å²) in [5.74, 6) is -0.0547. The quantitative estimate of drug-likeness (QED) is 0.763. The van der Waals surface area contributed by atoms with Gasteiger partial charge in [0.2, 0.25) is 0 Å². The van der Waals surface area contributed by atoms with E-state index < -0.39 is 0 Å². The highest BCUT2D eigenvalue weighted by Crippen LogP contribution is 2.10. The zero-order valence-electron chi connectivity index (χ0n) is 8.22. The lowest BCUT2D eigenvalue weighted by Crippen LogP contribution is -2.24. The average Bonchev–Trinajstić information content (AvgIpc) is 2.18. The van der Waals surface area contributed by atoms with Crippen LogP contribution in [0.15, 0.2) is 24.3 Å². The van der Waals surface area contributed by atoms with Gasteiger partial charge in [-0.2, -0.15) is 0 Å². The molecule has 1 aromatic rings. The normalized spacial score (nSPS) is 9.86. The van der Waals surface area contributed by atoms with Crippen LogP contribution in [0.1, 0.15) is 30.1 Å². The van der Waals surface area contributed by atoms with E-state index in [1.807, 2.05) is 0 Å². The molecule has 0 heterocycles. The molecule has 14 heavy (non-hydrogen) atoms. The van der Waals surface area contributed by atoms with Crippen LogP contribution in [0.3, 0.4) is 0 Å². The van der Waals surface area contributed by atoms with Crippen LogP contribution in [0.25, 0.3) is 0 Å². The molecule has 0 fully saturated rings. The molecule has 3 heteroatoms. The van der Waals surface area contributed by atoms with Crippen molar-refractivity contribution in [2.24, 2.45) is 0 Å². The highest BCUT2D eigenvalue weighted by atomic mass is 35.5. The second-order valence-electron chi connectivity index (χ2n) is 3.12. The summed E-state index contributed by atoms with van der Waals surface area (Å²) in [6.07, 6.45) is 2.09. The second-order valence-corrected chi connectivity index (χ2v) is 3.56. The molecule has 0 radical (unpaired) electrons. The number of carbonyl (C=O) groups excluding carboxylic acids is 1. The Morgan fingerprint density at radius 3 is 2.93 bits per heavy atom. The lowest BCUT2D eigenvalue weighted by Gasteiger charge is -2.03. The Hall–Kier alpha value is -1.02. The van der Waals surface area contributed by atoms with Crippen molar-refractivity contribution in [3.8, 4) is 0 Å². The molecule has 1 rings (SSSR count). The van der Waals surface area contributed by atoms with Crippen LogP contribution in [0.4, 0.5) is 0 Å². The SMILES string of the molecule is CCCCNC(=O)c1cccc(Cl)c1. The first-order chi connectivity index (χ1) is 6.74. The van der Waals surface area contributed by atoms with Crippen molar-refractivity contribution in [1.29, 1.82) is 0 Å². The van der Waals surface area contributed by atoms with E-state index in [1.54, 1.807) is 24.3 Å². The first-order valence-corrected chi connectivity index (χ1v) is 5.15. The number of rotatable bonds is 4. The molecule has 0 aliphatic rings. The van der Waals surface area contributed by atoms with Gasteiger partial charge >= 0.3 is 0 Å².